The van der Waals surface area contributed by atoms with Crippen LogP contribution in [-0.4, -0.2) is 72.2 Å². The Morgan fingerprint density at radius 3 is 2.46 bits per heavy atom. The number of anilines is 1. The van der Waals surface area contributed by atoms with Crippen LogP contribution in [0, 0.1) is 0 Å². The molecule has 7 heteroatoms. The van der Waals surface area contributed by atoms with E-state index < -0.39 is 0 Å². The van der Waals surface area contributed by atoms with E-state index in [1.807, 2.05) is 12.1 Å². The fraction of sp³-hybridized carbons (Fsp3) is 0.526. The Labute approximate surface area is 154 Å². The summed E-state index contributed by atoms with van der Waals surface area (Å²) in [6.45, 7) is 9.67. The number of piperazine rings is 1. The van der Waals surface area contributed by atoms with Crippen LogP contribution in [0.25, 0.3) is 10.9 Å². The first-order valence-electron chi connectivity index (χ1n) is 8.83. The van der Waals surface area contributed by atoms with Crippen molar-refractivity contribution < 1.29 is 14.6 Å². The molecule has 0 radical (unpaired) electrons. The van der Waals surface area contributed by atoms with E-state index in [0.717, 1.165) is 44.1 Å². The molecule has 2 heterocycles. The maximum absolute atomic E-state index is 11.4. The molecule has 0 aliphatic carbocycles. The first-order chi connectivity index (χ1) is 12.6. The van der Waals surface area contributed by atoms with Crippen LogP contribution < -0.4 is 9.64 Å². The molecule has 1 saturated heterocycles. The summed E-state index contributed by atoms with van der Waals surface area (Å²) in [4.78, 5) is 24.9. The lowest BCUT2D eigenvalue weighted by Crippen LogP contribution is -2.56. The number of aldehydes is 1. The number of aliphatic hydroxyl groups is 1. The first kappa shape index (κ1) is 20.1. The molecule has 1 aromatic heterocycles. The second kappa shape index (κ2) is 8.91. The van der Waals surface area contributed by atoms with Crippen molar-refractivity contribution >= 4 is 22.9 Å². The summed E-state index contributed by atoms with van der Waals surface area (Å²) in [5.74, 6) is 0. The van der Waals surface area contributed by atoms with E-state index >= 15 is 0 Å². The number of rotatable bonds is 4. The Morgan fingerprint density at radius 2 is 1.92 bits per heavy atom. The van der Waals surface area contributed by atoms with Gasteiger partial charge in [0.2, 0.25) is 0 Å². The van der Waals surface area contributed by atoms with Gasteiger partial charge in [0.1, 0.15) is 0 Å². The SMILES string of the molecule is CCN1C(C)CN(c2ccc(C=O)c3nc(OC)ncc23)CC1C.CO. The molecule has 0 bridgehead atoms. The topological polar surface area (TPSA) is 78.8 Å². The van der Waals surface area contributed by atoms with Crippen LogP contribution in [0.15, 0.2) is 18.3 Å². The lowest BCUT2D eigenvalue weighted by Gasteiger charge is -2.45. The third-order valence-electron chi connectivity index (χ3n) is 4.85. The van der Waals surface area contributed by atoms with E-state index in [4.69, 9.17) is 9.84 Å². The zero-order chi connectivity index (χ0) is 19.3. The van der Waals surface area contributed by atoms with Crippen molar-refractivity contribution in [1.82, 2.24) is 14.9 Å². The molecule has 0 spiro atoms. The smallest absolute Gasteiger partial charge is 0.316 e. The monoisotopic (exact) mass is 360 g/mol. The maximum atomic E-state index is 11.4. The van der Waals surface area contributed by atoms with Gasteiger partial charge in [0.25, 0.3) is 0 Å². The standard InChI is InChI=1S/C18H24N4O2.CH4O/c1-5-22-12(2)9-21(10-13(22)3)16-7-6-14(11-23)17-15(16)8-19-18(20-17)24-4;1-2/h6-8,11-13H,5,9-10H2,1-4H3;2H,1H3. The number of aromatic nitrogens is 2. The molecule has 2 atom stereocenters. The predicted molar refractivity (Wildman–Crippen MR) is 103 cm³/mol. The highest BCUT2D eigenvalue weighted by atomic mass is 16.5. The maximum Gasteiger partial charge on any atom is 0.316 e. The number of benzene rings is 1. The van der Waals surface area contributed by atoms with Crippen LogP contribution in [-0.2, 0) is 0 Å². The van der Waals surface area contributed by atoms with Crippen molar-refractivity contribution in [2.45, 2.75) is 32.9 Å². The average Bonchev–Trinajstić information content (AvgIpc) is 2.67. The number of hydrogen-bond donors (Lipinski definition) is 1. The largest absolute Gasteiger partial charge is 0.467 e. The van der Waals surface area contributed by atoms with Gasteiger partial charge in [0.15, 0.2) is 6.29 Å². The van der Waals surface area contributed by atoms with Crippen LogP contribution in [0.5, 0.6) is 6.01 Å². The Bertz CT molecular complexity index is 741. The molecule has 1 aliphatic heterocycles. The van der Waals surface area contributed by atoms with Gasteiger partial charge in [-0.15, -0.1) is 0 Å². The summed E-state index contributed by atoms with van der Waals surface area (Å²) in [7, 11) is 2.53. The van der Waals surface area contributed by atoms with Crippen LogP contribution >= 0.6 is 0 Å². The van der Waals surface area contributed by atoms with Crippen molar-refractivity contribution in [3.8, 4) is 6.01 Å². The predicted octanol–water partition coefficient (Wildman–Crippen LogP) is 1.98. The summed E-state index contributed by atoms with van der Waals surface area (Å²) in [5, 5.41) is 7.89. The van der Waals surface area contributed by atoms with E-state index in [0.29, 0.717) is 23.2 Å². The highest BCUT2D eigenvalue weighted by Crippen LogP contribution is 2.31. The molecule has 1 N–H and O–H groups in total. The molecule has 0 amide bonds. The lowest BCUT2D eigenvalue weighted by molar-refractivity contribution is 0.112. The average molecular weight is 360 g/mol. The van der Waals surface area contributed by atoms with Crippen molar-refractivity contribution in [1.29, 1.82) is 0 Å². The third kappa shape index (κ3) is 3.78. The minimum absolute atomic E-state index is 0.278. The Hall–Kier alpha value is -2.25. The van der Waals surface area contributed by atoms with Gasteiger partial charge in [-0.05, 0) is 32.5 Å². The summed E-state index contributed by atoms with van der Waals surface area (Å²) >= 11 is 0. The molecule has 142 valence electrons. The van der Waals surface area contributed by atoms with E-state index in [2.05, 4.69) is 40.5 Å². The minimum atomic E-state index is 0.278. The van der Waals surface area contributed by atoms with Crippen LogP contribution in [0.2, 0.25) is 0 Å². The second-order valence-corrected chi connectivity index (χ2v) is 6.34. The van der Waals surface area contributed by atoms with Crippen molar-refractivity contribution in [3.63, 3.8) is 0 Å². The third-order valence-corrected chi connectivity index (χ3v) is 4.85. The van der Waals surface area contributed by atoms with Gasteiger partial charge in [-0.3, -0.25) is 9.69 Å². The van der Waals surface area contributed by atoms with E-state index in [9.17, 15) is 4.79 Å². The number of fused-ring (bicyclic) bond motifs is 1. The van der Waals surface area contributed by atoms with Gasteiger partial charge in [0.05, 0.1) is 12.6 Å². The molecule has 1 aromatic carbocycles. The number of ether oxygens (including phenoxy) is 1. The molecular weight excluding hydrogens is 332 g/mol. The molecule has 2 unspecified atom stereocenters. The van der Waals surface area contributed by atoms with Crippen LogP contribution in [0.1, 0.15) is 31.1 Å². The summed E-state index contributed by atoms with van der Waals surface area (Å²) < 4.78 is 5.11. The Kier molecular flexibility index (Phi) is 6.88. The summed E-state index contributed by atoms with van der Waals surface area (Å²) in [6, 6.07) is 5.06. The number of hydrogen-bond acceptors (Lipinski definition) is 7. The van der Waals surface area contributed by atoms with E-state index in [1.165, 1.54) is 7.11 Å². The molecular formula is C19H28N4O3. The summed E-state index contributed by atoms with van der Waals surface area (Å²) in [5.41, 5.74) is 2.28. The highest BCUT2D eigenvalue weighted by Gasteiger charge is 2.29. The fourth-order valence-corrected chi connectivity index (χ4v) is 3.76. The van der Waals surface area contributed by atoms with Crippen molar-refractivity contribution in [2.75, 3.05) is 38.8 Å². The normalized spacial score (nSPS) is 20.5. The number of carbonyl (C=O) groups is 1. The number of carbonyl (C=O) groups excluding carboxylic acids is 1. The molecule has 2 aromatic rings. The molecule has 7 nitrogen and oxygen atoms in total. The van der Waals surface area contributed by atoms with Crippen molar-refractivity contribution in [2.24, 2.45) is 0 Å². The number of methoxy groups -OCH3 is 1. The molecule has 26 heavy (non-hydrogen) atoms. The van der Waals surface area contributed by atoms with Gasteiger partial charge >= 0.3 is 6.01 Å². The highest BCUT2D eigenvalue weighted by molar-refractivity contribution is 6.01. The number of aliphatic hydroxyl groups excluding tert-OH is 1. The molecule has 1 aliphatic rings. The second-order valence-electron chi connectivity index (χ2n) is 6.34. The zero-order valence-electron chi connectivity index (χ0n) is 16.1. The van der Waals surface area contributed by atoms with E-state index in [-0.39, 0.29) is 6.01 Å². The summed E-state index contributed by atoms with van der Waals surface area (Å²) in [6.07, 6.45) is 2.59. The van der Waals surface area contributed by atoms with Gasteiger partial charge in [-0.2, -0.15) is 4.98 Å². The van der Waals surface area contributed by atoms with Gasteiger partial charge in [0, 0.05) is 55.1 Å². The molecule has 1 fully saturated rings. The fourth-order valence-electron chi connectivity index (χ4n) is 3.76. The van der Waals surface area contributed by atoms with Crippen LogP contribution in [0.4, 0.5) is 5.69 Å². The molecule has 3 rings (SSSR count). The minimum Gasteiger partial charge on any atom is -0.467 e. The van der Waals surface area contributed by atoms with Crippen molar-refractivity contribution in [3.05, 3.63) is 23.9 Å². The quantitative estimate of drug-likeness (QED) is 0.835. The van der Waals surface area contributed by atoms with Gasteiger partial charge in [-0.25, -0.2) is 4.98 Å². The van der Waals surface area contributed by atoms with E-state index in [1.54, 1.807) is 6.20 Å². The number of nitrogens with zero attached hydrogens (tertiary/aromatic N) is 4. The van der Waals surface area contributed by atoms with Gasteiger partial charge < -0.3 is 14.7 Å². The van der Waals surface area contributed by atoms with Crippen LogP contribution in [0.3, 0.4) is 0 Å². The first-order valence-corrected chi connectivity index (χ1v) is 8.83. The Balaban J connectivity index is 0.00000117. The van der Waals surface area contributed by atoms with Gasteiger partial charge in [-0.1, -0.05) is 6.92 Å². The zero-order valence-corrected chi connectivity index (χ0v) is 16.1. The lowest BCUT2D eigenvalue weighted by atomic mass is 10.0. The number of likely N-dealkylation sites (N-methyl/N-ethyl adjacent to an activating group) is 1. The Morgan fingerprint density at radius 1 is 1.27 bits per heavy atom. The molecule has 0 saturated carbocycles.